The lowest BCUT2D eigenvalue weighted by Gasteiger charge is -2.19. The van der Waals surface area contributed by atoms with Crippen molar-refractivity contribution >= 4 is 43.6 Å². The van der Waals surface area contributed by atoms with Crippen LogP contribution in [0.25, 0.3) is 21.3 Å². The summed E-state index contributed by atoms with van der Waals surface area (Å²) in [6, 6.07) is 5.94. The highest BCUT2D eigenvalue weighted by molar-refractivity contribution is 7.22. The number of aromatic nitrogens is 5. The fourth-order valence-corrected chi connectivity index (χ4v) is 4.10. The Kier molecular flexibility index (Phi) is 4.70. The van der Waals surface area contributed by atoms with Gasteiger partial charge >= 0.3 is 0 Å². The van der Waals surface area contributed by atoms with Crippen molar-refractivity contribution in [3.8, 4) is 0 Å². The van der Waals surface area contributed by atoms with Crippen LogP contribution in [0.15, 0.2) is 35.5 Å². The number of anilines is 1. The van der Waals surface area contributed by atoms with E-state index >= 15 is 0 Å². The van der Waals surface area contributed by atoms with E-state index in [9.17, 15) is 9.59 Å². The lowest BCUT2D eigenvalue weighted by atomic mass is 10.1. The first-order chi connectivity index (χ1) is 13.7. The molecule has 0 saturated carbocycles. The summed E-state index contributed by atoms with van der Waals surface area (Å²) in [5.41, 5.74) is 2.04. The smallest absolute Gasteiger partial charge is 0.264 e. The number of fused-ring (bicyclic) bond motifs is 2. The van der Waals surface area contributed by atoms with Gasteiger partial charge in [-0.2, -0.15) is 5.10 Å². The van der Waals surface area contributed by atoms with Gasteiger partial charge in [-0.15, -0.1) is 0 Å². The molecule has 4 rings (SSSR count). The molecule has 8 nitrogen and oxygen atoms in total. The molecule has 0 fully saturated rings. The van der Waals surface area contributed by atoms with Crippen LogP contribution in [0.1, 0.15) is 32.8 Å². The van der Waals surface area contributed by atoms with Crippen molar-refractivity contribution in [3.05, 3.63) is 46.6 Å². The van der Waals surface area contributed by atoms with Crippen molar-refractivity contribution < 1.29 is 4.79 Å². The van der Waals surface area contributed by atoms with Crippen LogP contribution >= 0.6 is 11.3 Å². The Balaban J connectivity index is 1.49. The number of nitrogens with one attached hydrogen (secondary N) is 1. The Morgan fingerprint density at radius 2 is 2.07 bits per heavy atom. The van der Waals surface area contributed by atoms with E-state index < -0.39 is 0 Å². The van der Waals surface area contributed by atoms with Gasteiger partial charge in [-0.1, -0.05) is 23.5 Å². The van der Waals surface area contributed by atoms with Gasteiger partial charge in [0.2, 0.25) is 5.91 Å². The first-order valence-electron chi connectivity index (χ1n) is 9.34. The number of carbonyl (C=O) groups excluding carboxylic acids is 1. The Morgan fingerprint density at radius 1 is 1.28 bits per heavy atom. The van der Waals surface area contributed by atoms with E-state index in [4.69, 9.17) is 0 Å². The number of benzene rings is 1. The topological polar surface area (TPSA) is 94.7 Å². The number of amides is 1. The molecule has 0 aliphatic rings. The minimum absolute atomic E-state index is 0.148. The Morgan fingerprint density at radius 3 is 2.79 bits per heavy atom. The zero-order valence-electron chi connectivity index (χ0n) is 16.8. The molecule has 0 radical (unpaired) electrons. The van der Waals surface area contributed by atoms with E-state index in [1.165, 1.54) is 28.4 Å². The quantitative estimate of drug-likeness (QED) is 0.557. The molecule has 3 heterocycles. The maximum Gasteiger partial charge on any atom is 0.264 e. The van der Waals surface area contributed by atoms with Crippen LogP contribution in [0.2, 0.25) is 0 Å². The first kappa shape index (κ1) is 19.3. The summed E-state index contributed by atoms with van der Waals surface area (Å²) in [7, 11) is 0. The number of nitrogens with zero attached hydrogens (tertiary/aromatic N) is 5. The zero-order chi connectivity index (χ0) is 20.8. The molecule has 0 aliphatic carbocycles. The normalized spacial score (nSPS) is 12.0. The summed E-state index contributed by atoms with van der Waals surface area (Å²) >= 11 is 1.44. The third-order valence-electron chi connectivity index (χ3n) is 4.64. The standard InChI is InChI=1S/C20H22N6O2S/c1-12-6-5-7-14-16(12)24-19(29-14)23-15(27)8-9-25-11-21-17-13(18(25)28)10-22-26(17)20(2,3)4/h5-7,10-11H,8-9H2,1-4H3,(H,23,24,27). The summed E-state index contributed by atoms with van der Waals surface area (Å²) in [5.74, 6) is -0.195. The Bertz CT molecular complexity index is 1280. The van der Waals surface area contributed by atoms with E-state index in [1.807, 2.05) is 45.9 Å². The van der Waals surface area contributed by atoms with Crippen LogP contribution in [0, 0.1) is 6.92 Å². The van der Waals surface area contributed by atoms with E-state index in [1.54, 1.807) is 4.68 Å². The Labute approximate surface area is 171 Å². The molecule has 0 atom stereocenters. The van der Waals surface area contributed by atoms with Gasteiger partial charge in [0.1, 0.15) is 5.39 Å². The average molecular weight is 411 g/mol. The van der Waals surface area contributed by atoms with Crippen LogP contribution in [0.4, 0.5) is 5.13 Å². The molecule has 150 valence electrons. The molecule has 1 N–H and O–H groups in total. The van der Waals surface area contributed by atoms with Crippen LogP contribution in [-0.4, -0.2) is 30.2 Å². The van der Waals surface area contributed by atoms with Gasteiger partial charge in [-0.3, -0.25) is 14.2 Å². The molecular formula is C20H22N6O2S. The molecular weight excluding hydrogens is 388 g/mol. The van der Waals surface area contributed by atoms with Gasteiger partial charge < -0.3 is 5.32 Å². The lowest BCUT2D eigenvalue weighted by Crippen LogP contribution is -2.26. The van der Waals surface area contributed by atoms with Gasteiger partial charge in [-0.05, 0) is 39.3 Å². The lowest BCUT2D eigenvalue weighted by molar-refractivity contribution is -0.116. The minimum atomic E-state index is -0.275. The summed E-state index contributed by atoms with van der Waals surface area (Å²) in [5, 5.41) is 8.14. The van der Waals surface area contributed by atoms with Crippen molar-refractivity contribution in [2.24, 2.45) is 0 Å². The van der Waals surface area contributed by atoms with Gasteiger partial charge in [0, 0.05) is 13.0 Å². The van der Waals surface area contributed by atoms with E-state index in [0.717, 1.165) is 15.8 Å². The molecule has 0 spiro atoms. The second-order valence-electron chi connectivity index (χ2n) is 7.95. The van der Waals surface area contributed by atoms with Crippen molar-refractivity contribution in [1.82, 2.24) is 24.3 Å². The zero-order valence-corrected chi connectivity index (χ0v) is 17.6. The molecule has 0 unspecified atom stereocenters. The molecule has 0 saturated heterocycles. The fourth-order valence-electron chi connectivity index (χ4n) is 3.14. The highest BCUT2D eigenvalue weighted by atomic mass is 32.1. The first-order valence-corrected chi connectivity index (χ1v) is 10.2. The summed E-state index contributed by atoms with van der Waals surface area (Å²) in [6.45, 7) is 8.23. The predicted molar refractivity (Wildman–Crippen MR) is 114 cm³/mol. The number of rotatable bonds is 4. The monoisotopic (exact) mass is 410 g/mol. The third kappa shape index (κ3) is 3.65. The van der Waals surface area contributed by atoms with E-state index in [2.05, 4.69) is 20.4 Å². The number of hydrogen-bond donors (Lipinski definition) is 1. The minimum Gasteiger partial charge on any atom is -0.302 e. The molecule has 0 aliphatic heterocycles. The van der Waals surface area contributed by atoms with Crippen LogP contribution < -0.4 is 10.9 Å². The molecule has 3 aromatic heterocycles. The molecule has 9 heteroatoms. The van der Waals surface area contributed by atoms with Crippen molar-refractivity contribution in [3.63, 3.8) is 0 Å². The van der Waals surface area contributed by atoms with Crippen LogP contribution in [0.3, 0.4) is 0 Å². The molecule has 4 aromatic rings. The number of thiazole rings is 1. The van der Waals surface area contributed by atoms with Crippen LogP contribution in [0.5, 0.6) is 0 Å². The fraction of sp³-hybridized carbons (Fsp3) is 0.350. The highest BCUT2D eigenvalue weighted by Gasteiger charge is 2.20. The second kappa shape index (κ2) is 7.07. The Hall–Kier alpha value is -3.07. The van der Waals surface area contributed by atoms with E-state index in [-0.39, 0.29) is 30.0 Å². The number of carbonyl (C=O) groups is 1. The summed E-state index contributed by atoms with van der Waals surface area (Å²) in [4.78, 5) is 34.0. The molecule has 0 bridgehead atoms. The van der Waals surface area contributed by atoms with Crippen LogP contribution in [-0.2, 0) is 16.9 Å². The third-order valence-corrected chi connectivity index (χ3v) is 5.57. The van der Waals surface area contributed by atoms with Crippen molar-refractivity contribution in [2.45, 2.75) is 46.2 Å². The largest absolute Gasteiger partial charge is 0.302 e. The maximum atomic E-state index is 12.7. The van der Waals surface area contributed by atoms with Crippen molar-refractivity contribution in [1.29, 1.82) is 0 Å². The van der Waals surface area contributed by atoms with Gasteiger partial charge in [0.05, 0.1) is 28.3 Å². The molecule has 29 heavy (non-hydrogen) atoms. The van der Waals surface area contributed by atoms with E-state index in [0.29, 0.717) is 16.2 Å². The number of para-hydroxylation sites is 1. The maximum absolute atomic E-state index is 12.7. The summed E-state index contributed by atoms with van der Waals surface area (Å²) < 4.78 is 4.21. The average Bonchev–Trinajstić information content (AvgIpc) is 3.26. The van der Waals surface area contributed by atoms with Gasteiger partial charge in [0.15, 0.2) is 10.8 Å². The number of hydrogen-bond acceptors (Lipinski definition) is 6. The van der Waals surface area contributed by atoms with Gasteiger partial charge in [0.25, 0.3) is 5.56 Å². The summed E-state index contributed by atoms with van der Waals surface area (Å²) in [6.07, 6.45) is 3.16. The molecule has 1 aromatic carbocycles. The highest BCUT2D eigenvalue weighted by Crippen LogP contribution is 2.27. The van der Waals surface area contributed by atoms with Crippen molar-refractivity contribution in [2.75, 3.05) is 5.32 Å². The molecule has 1 amide bonds. The second-order valence-corrected chi connectivity index (χ2v) is 8.98. The number of aryl methyl sites for hydroxylation is 2. The van der Waals surface area contributed by atoms with Gasteiger partial charge in [-0.25, -0.2) is 14.6 Å². The predicted octanol–water partition coefficient (Wildman–Crippen LogP) is 3.29. The SMILES string of the molecule is Cc1cccc2sc(NC(=O)CCn3cnc4c(cnn4C(C)(C)C)c3=O)nc12.